The van der Waals surface area contributed by atoms with Crippen LogP contribution in [0.25, 0.3) is 5.69 Å². The average Bonchev–Trinajstić information content (AvgIpc) is 3.07. The molecule has 132 valence electrons. The van der Waals surface area contributed by atoms with Crippen molar-refractivity contribution in [3.63, 3.8) is 0 Å². The smallest absolute Gasteiger partial charge is 0.266 e. The van der Waals surface area contributed by atoms with Crippen molar-refractivity contribution in [3.05, 3.63) is 79.9 Å². The van der Waals surface area contributed by atoms with Gasteiger partial charge in [-0.15, -0.1) is 11.3 Å². The zero-order chi connectivity index (χ0) is 18.3. The van der Waals surface area contributed by atoms with Gasteiger partial charge in [0.25, 0.3) is 11.5 Å². The highest BCUT2D eigenvalue weighted by molar-refractivity contribution is 7.11. The Labute approximate surface area is 153 Å². The summed E-state index contributed by atoms with van der Waals surface area (Å²) in [5.74, 6) is -0.383. The standard InChI is InChI=1S/C19H16FN3O2S/c1-12-18(26-11-21-12)19(25)22-7-6-13-8-17(24)23(10-14(13)9-22)16-4-2-15(20)3-5-16/h2-5,8,10-11H,6-7,9H2,1H3. The first kappa shape index (κ1) is 16.7. The second-order valence-electron chi connectivity index (χ2n) is 6.25. The van der Waals surface area contributed by atoms with Crippen molar-refractivity contribution in [1.82, 2.24) is 14.5 Å². The third-order valence-electron chi connectivity index (χ3n) is 4.58. The summed E-state index contributed by atoms with van der Waals surface area (Å²) in [6.45, 7) is 2.84. The first-order valence-corrected chi connectivity index (χ1v) is 9.10. The monoisotopic (exact) mass is 369 g/mol. The quantitative estimate of drug-likeness (QED) is 0.698. The molecule has 0 fully saturated rings. The second-order valence-corrected chi connectivity index (χ2v) is 7.11. The van der Waals surface area contributed by atoms with Gasteiger partial charge < -0.3 is 4.90 Å². The maximum atomic E-state index is 13.1. The zero-order valence-corrected chi connectivity index (χ0v) is 14.9. The zero-order valence-electron chi connectivity index (χ0n) is 14.1. The number of rotatable bonds is 2. The molecule has 26 heavy (non-hydrogen) atoms. The van der Waals surface area contributed by atoms with Crippen LogP contribution in [0.3, 0.4) is 0 Å². The van der Waals surface area contributed by atoms with Crippen LogP contribution in [0.2, 0.25) is 0 Å². The van der Waals surface area contributed by atoms with Gasteiger partial charge >= 0.3 is 0 Å². The largest absolute Gasteiger partial charge is 0.333 e. The molecule has 4 rings (SSSR count). The average molecular weight is 369 g/mol. The number of fused-ring (bicyclic) bond motifs is 1. The number of hydrogen-bond donors (Lipinski definition) is 0. The molecule has 0 spiro atoms. The van der Waals surface area contributed by atoms with Crippen LogP contribution in [0.15, 0.2) is 46.8 Å². The third kappa shape index (κ3) is 2.94. The number of aryl methyl sites for hydroxylation is 1. The van der Waals surface area contributed by atoms with Crippen LogP contribution >= 0.6 is 11.3 Å². The van der Waals surface area contributed by atoms with Gasteiger partial charge in [0.2, 0.25) is 0 Å². The molecule has 2 aromatic heterocycles. The van der Waals surface area contributed by atoms with Crippen molar-refractivity contribution >= 4 is 17.2 Å². The van der Waals surface area contributed by atoms with Crippen molar-refractivity contribution in [3.8, 4) is 5.69 Å². The van der Waals surface area contributed by atoms with E-state index in [4.69, 9.17) is 0 Å². The molecule has 1 aromatic carbocycles. The van der Waals surface area contributed by atoms with E-state index < -0.39 is 0 Å². The molecule has 0 saturated carbocycles. The summed E-state index contributed by atoms with van der Waals surface area (Å²) in [7, 11) is 0. The number of nitrogens with zero attached hydrogens (tertiary/aromatic N) is 3. The van der Waals surface area contributed by atoms with Crippen LogP contribution in [0, 0.1) is 12.7 Å². The van der Waals surface area contributed by atoms with Gasteiger partial charge in [-0.25, -0.2) is 9.37 Å². The van der Waals surface area contributed by atoms with Gasteiger partial charge in [0.1, 0.15) is 10.7 Å². The number of thiazole rings is 1. The van der Waals surface area contributed by atoms with Crippen molar-refractivity contribution in [1.29, 1.82) is 0 Å². The summed E-state index contributed by atoms with van der Waals surface area (Å²) in [6.07, 6.45) is 2.39. The van der Waals surface area contributed by atoms with Gasteiger partial charge in [-0.2, -0.15) is 0 Å². The predicted molar refractivity (Wildman–Crippen MR) is 97.3 cm³/mol. The highest BCUT2D eigenvalue weighted by Gasteiger charge is 2.25. The van der Waals surface area contributed by atoms with Crippen molar-refractivity contribution in [2.24, 2.45) is 0 Å². The molecular weight excluding hydrogens is 353 g/mol. The number of pyridine rings is 1. The number of benzene rings is 1. The number of carbonyl (C=O) groups is 1. The molecule has 0 unspecified atom stereocenters. The van der Waals surface area contributed by atoms with Crippen LogP contribution in [0.1, 0.15) is 26.5 Å². The van der Waals surface area contributed by atoms with E-state index in [-0.39, 0.29) is 17.3 Å². The number of aromatic nitrogens is 2. The Kier molecular flexibility index (Phi) is 4.16. The van der Waals surface area contributed by atoms with E-state index in [1.807, 2.05) is 6.92 Å². The normalized spacial score (nSPS) is 13.5. The van der Waals surface area contributed by atoms with E-state index in [1.54, 1.807) is 34.8 Å². The molecule has 0 aliphatic carbocycles. The summed E-state index contributed by atoms with van der Waals surface area (Å²) < 4.78 is 14.6. The van der Waals surface area contributed by atoms with Gasteiger partial charge in [0, 0.05) is 31.0 Å². The third-order valence-corrected chi connectivity index (χ3v) is 5.49. The maximum Gasteiger partial charge on any atom is 0.266 e. The SMILES string of the molecule is Cc1ncsc1C(=O)N1CCc2cc(=O)n(-c3ccc(F)cc3)cc2C1. The molecule has 0 bridgehead atoms. The second kappa shape index (κ2) is 6.49. The first-order valence-electron chi connectivity index (χ1n) is 8.22. The summed E-state index contributed by atoms with van der Waals surface area (Å²) >= 11 is 1.34. The van der Waals surface area contributed by atoms with E-state index in [9.17, 15) is 14.0 Å². The van der Waals surface area contributed by atoms with Gasteiger partial charge in [0.15, 0.2) is 0 Å². The summed E-state index contributed by atoms with van der Waals surface area (Å²) in [5.41, 5.74) is 4.73. The molecule has 1 aliphatic heterocycles. The molecule has 7 heteroatoms. The van der Waals surface area contributed by atoms with Gasteiger partial charge in [-0.3, -0.25) is 14.2 Å². The summed E-state index contributed by atoms with van der Waals surface area (Å²) in [4.78, 5) is 31.7. The lowest BCUT2D eigenvalue weighted by Gasteiger charge is -2.29. The number of carbonyl (C=O) groups excluding carboxylic acids is 1. The van der Waals surface area contributed by atoms with Crippen LogP contribution in [-0.4, -0.2) is 26.9 Å². The van der Waals surface area contributed by atoms with Crippen LogP contribution in [0.5, 0.6) is 0 Å². The van der Waals surface area contributed by atoms with Crippen LogP contribution in [0.4, 0.5) is 4.39 Å². The topological polar surface area (TPSA) is 55.2 Å². The maximum absolute atomic E-state index is 13.1. The molecule has 5 nitrogen and oxygen atoms in total. The van der Waals surface area contributed by atoms with Crippen LogP contribution in [-0.2, 0) is 13.0 Å². The van der Waals surface area contributed by atoms with E-state index >= 15 is 0 Å². The highest BCUT2D eigenvalue weighted by Crippen LogP contribution is 2.22. The first-order chi connectivity index (χ1) is 12.5. The van der Waals surface area contributed by atoms with E-state index in [2.05, 4.69) is 4.98 Å². The Hall–Kier alpha value is -2.80. The van der Waals surface area contributed by atoms with Crippen LogP contribution < -0.4 is 5.56 Å². The molecule has 1 amide bonds. The van der Waals surface area contributed by atoms with E-state index in [0.717, 1.165) is 16.8 Å². The fraction of sp³-hybridized carbons (Fsp3) is 0.211. The molecule has 3 heterocycles. The summed E-state index contributed by atoms with van der Waals surface area (Å²) in [5, 5.41) is 0. The molecule has 0 N–H and O–H groups in total. The minimum absolute atomic E-state index is 0.0322. The van der Waals surface area contributed by atoms with E-state index in [0.29, 0.717) is 30.1 Å². The Bertz CT molecular complexity index is 1040. The van der Waals surface area contributed by atoms with Gasteiger partial charge in [-0.1, -0.05) is 0 Å². The lowest BCUT2D eigenvalue weighted by atomic mass is 10.0. The summed E-state index contributed by atoms with van der Waals surface area (Å²) in [6, 6.07) is 7.39. The predicted octanol–water partition coefficient (Wildman–Crippen LogP) is 2.94. The van der Waals surface area contributed by atoms with Crippen molar-refractivity contribution in [2.75, 3.05) is 6.54 Å². The molecule has 0 saturated heterocycles. The minimum atomic E-state index is -0.351. The number of amides is 1. The number of halogens is 1. The molecule has 0 atom stereocenters. The lowest BCUT2D eigenvalue weighted by Crippen LogP contribution is -2.37. The van der Waals surface area contributed by atoms with Crippen molar-refractivity contribution < 1.29 is 9.18 Å². The Balaban J connectivity index is 1.67. The number of hydrogen-bond acceptors (Lipinski definition) is 4. The van der Waals surface area contributed by atoms with Gasteiger partial charge in [0.05, 0.1) is 11.2 Å². The Morgan fingerprint density at radius 1 is 1.23 bits per heavy atom. The highest BCUT2D eigenvalue weighted by atomic mass is 32.1. The van der Waals surface area contributed by atoms with Gasteiger partial charge in [-0.05, 0) is 48.7 Å². The molecule has 0 radical (unpaired) electrons. The lowest BCUT2D eigenvalue weighted by molar-refractivity contribution is 0.0738. The Morgan fingerprint density at radius 3 is 2.69 bits per heavy atom. The molecule has 1 aliphatic rings. The minimum Gasteiger partial charge on any atom is -0.333 e. The fourth-order valence-corrected chi connectivity index (χ4v) is 3.93. The van der Waals surface area contributed by atoms with Crippen molar-refractivity contribution in [2.45, 2.75) is 19.9 Å². The fourth-order valence-electron chi connectivity index (χ4n) is 3.16. The molecule has 3 aromatic rings. The Morgan fingerprint density at radius 2 is 2.00 bits per heavy atom. The molecular formula is C19H16FN3O2S. The van der Waals surface area contributed by atoms with E-state index in [1.165, 1.54) is 28.0 Å².